The van der Waals surface area contributed by atoms with Gasteiger partial charge in [-0.15, -0.1) is 12.4 Å². The molecule has 1 saturated heterocycles. The Bertz CT molecular complexity index is 664. The zero-order chi connectivity index (χ0) is 16.7. The number of nitrogens with one attached hydrogen (secondary N) is 2. The molecule has 2 aliphatic heterocycles. The van der Waals surface area contributed by atoms with Crippen molar-refractivity contribution in [2.45, 2.75) is 32.2 Å². The topological polar surface area (TPSA) is 59.6 Å². The van der Waals surface area contributed by atoms with E-state index in [0.29, 0.717) is 13.2 Å². The Labute approximate surface area is 162 Å². The summed E-state index contributed by atoms with van der Waals surface area (Å²) >= 11 is 3.59. The molecule has 5 nitrogen and oxygen atoms in total. The smallest absolute Gasteiger partial charge is 0.224 e. The van der Waals surface area contributed by atoms with Gasteiger partial charge in [-0.1, -0.05) is 15.9 Å². The average Bonchev–Trinajstić information content (AvgIpc) is 3.28. The molecule has 2 atom stereocenters. The number of halogens is 2. The van der Waals surface area contributed by atoms with Crippen molar-refractivity contribution in [3.05, 3.63) is 22.2 Å². The maximum Gasteiger partial charge on any atom is 0.224 e. The van der Waals surface area contributed by atoms with Crippen LogP contribution in [-0.4, -0.2) is 32.2 Å². The first-order valence-electron chi connectivity index (χ1n) is 8.69. The quantitative estimate of drug-likeness (QED) is 0.771. The molecule has 0 aromatic heterocycles. The third-order valence-corrected chi connectivity index (χ3v) is 6.28. The van der Waals surface area contributed by atoms with Crippen LogP contribution in [0.4, 0.5) is 0 Å². The maximum absolute atomic E-state index is 12.7. The molecular weight excluding hydrogens is 408 g/mol. The Morgan fingerprint density at radius 1 is 1.28 bits per heavy atom. The highest BCUT2D eigenvalue weighted by Gasteiger charge is 2.57. The molecule has 4 rings (SSSR count). The third-order valence-electron chi connectivity index (χ3n) is 5.59. The van der Waals surface area contributed by atoms with Crippen LogP contribution in [-0.2, 0) is 4.79 Å². The van der Waals surface area contributed by atoms with Crippen LogP contribution in [0.1, 0.15) is 37.8 Å². The number of hydrogen-bond donors (Lipinski definition) is 2. The van der Waals surface area contributed by atoms with Crippen LogP contribution in [0, 0.1) is 11.3 Å². The number of carbonyl (C=O) groups excluding carboxylic acids is 1. The van der Waals surface area contributed by atoms with E-state index >= 15 is 0 Å². The van der Waals surface area contributed by atoms with Crippen molar-refractivity contribution in [2.75, 3.05) is 26.3 Å². The van der Waals surface area contributed by atoms with Gasteiger partial charge in [0.05, 0.1) is 6.04 Å². The number of ether oxygens (including phenoxy) is 2. The largest absolute Gasteiger partial charge is 0.486 e. The number of benzene rings is 1. The fourth-order valence-corrected chi connectivity index (χ4v) is 4.66. The van der Waals surface area contributed by atoms with Gasteiger partial charge in [0.15, 0.2) is 11.5 Å². The minimum Gasteiger partial charge on any atom is -0.486 e. The van der Waals surface area contributed by atoms with E-state index in [1.54, 1.807) is 0 Å². The molecule has 1 spiro atoms. The molecule has 3 aliphatic rings. The van der Waals surface area contributed by atoms with Crippen LogP contribution in [0.5, 0.6) is 11.5 Å². The van der Waals surface area contributed by atoms with E-state index in [9.17, 15) is 4.79 Å². The van der Waals surface area contributed by atoms with Gasteiger partial charge in [0, 0.05) is 10.4 Å². The van der Waals surface area contributed by atoms with Crippen molar-refractivity contribution in [1.82, 2.24) is 10.6 Å². The van der Waals surface area contributed by atoms with Gasteiger partial charge in [-0.05, 0) is 62.4 Å². The minimum absolute atomic E-state index is 0. The number of carbonyl (C=O) groups is 1. The monoisotopic (exact) mass is 430 g/mol. The summed E-state index contributed by atoms with van der Waals surface area (Å²) in [5.74, 6) is 1.87. The highest BCUT2D eigenvalue weighted by atomic mass is 79.9. The Hall–Kier alpha value is -0.980. The van der Waals surface area contributed by atoms with E-state index in [2.05, 4.69) is 26.6 Å². The van der Waals surface area contributed by atoms with E-state index in [0.717, 1.165) is 53.9 Å². The highest BCUT2D eigenvalue weighted by Crippen LogP contribution is 2.58. The first kappa shape index (κ1) is 18.8. The van der Waals surface area contributed by atoms with Crippen molar-refractivity contribution < 1.29 is 14.3 Å². The van der Waals surface area contributed by atoms with Crippen LogP contribution < -0.4 is 20.1 Å². The van der Waals surface area contributed by atoms with Crippen molar-refractivity contribution in [3.8, 4) is 11.5 Å². The molecule has 1 aromatic rings. The number of amides is 1. The van der Waals surface area contributed by atoms with E-state index in [4.69, 9.17) is 9.47 Å². The fourth-order valence-electron chi connectivity index (χ4n) is 4.00. The maximum atomic E-state index is 12.7. The lowest BCUT2D eigenvalue weighted by Crippen LogP contribution is -2.34. The Kier molecular flexibility index (Phi) is 5.51. The highest BCUT2D eigenvalue weighted by molar-refractivity contribution is 9.10. The summed E-state index contributed by atoms with van der Waals surface area (Å²) in [6.07, 6.45) is 3.27. The molecule has 7 heteroatoms. The van der Waals surface area contributed by atoms with Gasteiger partial charge in [0.1, 0.15) is 13.2 Å². The van der Waals surface area contributed by atoms with Crippen molar-refractivity contribution in [2.24, 2.45) is 11.3 Å². The van der Waals surface area contributed by atoms with Gasteiger partial charge in [-0.3, -0.25) is 4.79 Å². The Balaban J connectivity index is 0.00000182. The lowest BCUT2D eigenvalue weighted by atomic mass is 9.91. The van der Waals surface area contributed by atoms with Crippen molar-refractivity contribution in [3.63, 3.8) is 0 Å². The van der Waals surface area contributed by atoms with Crippen molar-refractivity contribution >= 4 is 34.2 Å². The first-order valence-corrected chi connectivity index (χ1v) is 9.48. The molecule has 1 aromatic carbocycles. The zero-order valence-electron chi connectivity index (χ0n) is 14.3. The van der Waals surface area contributed by atoms with Crippen LogP contribution in [0.25, 0.3) is 0 Å². The first-order chi connectivity index (χ1) is 11.6. The normalized spacial score (nSPS) is 24.2. The molecule has 0 radical (unpaired) electrons. The molecule has 2 fully saturated rings. The number of rotatable bonds is 3. The summed E-state index contributed by atoms with van der Waals surface area (Å²) in [5.41, 5.74) is 1.28. The number of hydrogen-bond acceptors (Lipinski definition) is 4. The second-order valence-electron chi connectivity index (χ2n) is 7.12. The van der Waals surface area contributed by atoms with E-state index in [-0.39, 0.29) is 35.7 Å². The number of piperidine rings is 1. The molecule has 138 valence electrons. The Morgan fingerprint density at radius 2 is 1.92 bits per heavy atom. The lowest BCUT2D eigenvalue weighted by Gasteiger charge is -2.25. The Morgan fingerprint density at radius 3 is 2.60 bits per heavy atom. The summed E-state index contributed by atoms with van der Waals surface area (Å²) in [4.78, 5) is 12.7. The molecule has 2 unspecified atom stereocenters. The van der Waals surface area contributed by atoms with Crippen molar-refractivity contribution in [1.29, 1.82) is 0 Å². The summed E-state index contributed by atoms with van der Waals surface area (Å²) in [6, 6.07) is 3.83. The van der Waals surface area contributed by atoms with Crippen LogP contribution in [0.3, 0.4) is 0 Å². The average molecular weight is 432 g/mol. The number of fused-ring (bicyclic) bond motifs is 1. The van der Waals surface area contributed by atoms with Gasteiger partial charge in [-0.25, -0.2) is 0 Å². The third kappa shape index (κ3) is 3.62. The molecule has 1 amide bonds. The molecule has 25 heavy (non-hydrogen) atoms. The van der Waals surface area contributed by atoms with Gasteiger partial charge in [-0.2, -0.15) is 0 Å². The predicted molar refractivity (Wildman–Crippen MR) is 102 cm³/mol. The summed E-state index contributed by atoms with van der Waals surface area (Å²) in [6.45, 7) is 5.22. The summed E-state index contributed by atoms with van der Waals surface area (Å²) in [7, 11) is 0. The molecule has 2 N–H and O–H groups in total. The zero-order valence-corrected chi connectivity index (χ0v) is 16.7. The minimum atomic E-state index is -0.0675. The SMILES string of the molecule is CC(NC(=O)C1CC12CCNCC2)c1cc2c(cc1Br)OCCO2.Cl. The summed E-state index contributed by atoms with van der Waals surface area (Å²) in [5, 5.41) is 6.57. The lowest BCUT2D eigenvalue weighted by molar-refractivity contribution is -0.123. The van der Waals surface area contributed by atoms with E-state index in [1.807, 2.05) is 19.1 Å². The van der Waals surface area contributed by atoms with E-state index in [1.165, 1.54) is 0 Å². The molecule has 2 heterocycles. The molecule has 1 saturated carbocycles. The van der Waals surface area contributed by atoms with Gasteiger partial charge < -0.3 is 20.1 Å². The standard InChI is InChI=1S/C18H23BrN2O3.ClH/c1-11(12-8-15-16(9-14(12)19)24-7-6-23-15)21-17(22)13-10-18(13)2-4-20-5-3-18;/h8-9,11,13,20H,2-7,10H2,1H3,(H,21,22);1H. The second kappa shape index (κ2) is 7.33. The molecular formula is C18H24BrClN2O3. The van der Waals surface area contributed by atoms with Gasteiger partial charge >= 0.3 is 0 Å². The molecule has 1 aliphatic carbocycles. The fraction of sp³-hybridized carbons (Fsp3) is 0.611. The van der Waals surface area contributed by atoms with Gasteiger partial charge in [0.25, 0.3) is 0 Å². The van der Waals surface area contributed by atoms with Crippen LogP contribution in [0.15, 0.2) is 16.6 Å². The van der Waals surface area contributed by atoms with Gasteiger partial charge in [0.2, 0.25) is 5.91 Å². The van der Waals surface area contributed by atoms with E-state index < -0.39 is 0 Å². The summed E-state index contributed by atoms with van der Waals surface area (Å²) < 4.78 is 12.2. The van der Waals surface area contributed by atoms with Crippen LogP contribution >= 0.6 is 28.3 Å². The predicted octanol–water partition coefficient (Wildman–Crippen LogP) is 3.21. The second-order valence-corrected chi connectivity index (χ2v) is 7.97. The van der Waals surface area contributed by atoms with Crippen LogP contribution in [0.2, 0.25) is 0 Å². The molecule has 0 bridgehead atoms.